The number of hydrogen-bond donors (Lipinski definition) is 2. The van der Waals surface area contributed by atoms with Crippen LogP contribution in [0, 0.1) is 10.1 Å². The molecule has 0 radical (unpaired) electrons. The zero-order valence-corrected chi connectivity index (χ0v) is 12.1. The quantitative estimate of drug-likeness (QED) is 0.628. The average Bonchev–Trinajstić information content (AvgIpc) is 2.83. The number of alkyl halides is 3. The lowest BCUT2D eigenvalue weighted by Crippen LogP contribution is -2.43. The van der Waals surface area contributed by atoms with E-state index in [0.29, 0.717) is 0 Å². The van der Waals surface area contributed by atoms with Crippen molar-refractivity contribution in [3.05, 3.63) is 51.8 Å². The van der Waals surface area contributed by atoms with Gasteiger partial charge in [-0.05, 0) is 17.7 Å². The lowest BCUT2D eigenvalue weighted by Gasteiger charge is -2.27. The summed E-state index contributed by atoms with van der Waals surface area (Å²) in [5, 5.41) is 31.4. The first-order valence-corrected chi connectivity index (χ1v) is 6.49. The van der Waals surface area contributed by atoms with Crippen LogP contribution in [0.3, 0.4) is 0 Å². The fourth-order valence-corrected chi connectivity index (χ4v) is 2.29. The van der Waals surface area contributed by atoms with Crippen molar-refractivity contribution in [2.75, 3.05) is 12.1 Å². The molecule has 8 nitrogen and oxygen atoms in total. The van der Waals surface area contributed by atoms with Crippen LogP contribution in [-0.4, -0.2) is 45.4 Å². The summed E-state index contributed by atoms with van der Waals surface area (Å²) in [6, 6.07) is 2.88. The third kappa shape index (κ3) is 3.16. The number of halogens is 3. The van der Waals surface area contributed by atoms with Crippen molar-refractivity contribution in [2.24, 2.45) is 0 Å². The molecule has 24 heavy (non-hydrogen) atoms. The first-order valence-electron chi connectivity index (χ1n) is 6.49. The molecule has 0 saturated carbocycles. The summed E-state index contributed by atoms with van der Waals surface area (Å²) in [7, 11) is 1.30. The minimum Gasteiger partial charge on any atom is -0.480 e. The molecule has 0 saturated heterocycles. The van der Waals surface area contributed by atoms with Crippen LogP contribution in [0.15, 0.2) is 36.2 Å². The number of benzene rings is 1. The zero-order chi connectivity index (χ0) is 18.2. The Morgan fingerprint density at radius 3 is 2.25 bits per heavy atom. The van der Waals surface area contributed by atoms with Gasteiger partial charge in [-0.2, -0.15) is 18.2 Å². The second-order valence-electron chi connectivity index (χ2n) is 5.01. The second kappa shape index (κ2) is 6.09. The predicted molar refractivity (Wildman–Crippen MR) is 74.2 cm³/mol. The van der Waals surface area contributed by atoms with Crippen LogP contribution < -0.4 is 5.01 Å². The van der Waals surface area contributed by atoms with Gasteiger partial charge < -0.3 is 10.2 Å². The first kappa shape index (κ1) is 17.7. The third-order valence-electron chi connectivity index (χ3n) is 3.48. The largest absolute Gasteiger partial charge is 0.480 e. The van der Waals surface area contributed by atoms with Crippen molar-refractivity contribution in [1.29, 1.82) is 0 Å². The lowest BCUT2D eigenvalue weighted by molar-refractivity contribution is -0.429. The fraction of sp³-hybridized carbons (Fsp3) is 0.308. The van der Waals surface area contributed by atoms with E-state index < -0.39 is 40.5 Å². The summed E-state index contributed by atoms with van der Waals surface area (Å²) >= 11 is 0. The van der Waals surface area contributed by atoms with Gasteiger partial charge in [0.2, 0.25) is 6.04 Å². The Hall–Kier alpha value is -2.66. The molecule has 0 bridgehead atoms. The number of carboxylic acid groups (broad SMARTS) is 1. The van der Waals surface area contributed by atoms with E-state index in [1.54, 1.807) is 0 Å². The highest BCUT2D eigenvalue weighted by atomic mass is 19.4. The average molecular weight is 347 g/mol. The lowest BCUT2D eigenvalue weighted by atomic mass is 10.1. The Bertz CT molecular complexity index is 689. The molecule has 1 aliphatic heterocycles. The Balaban J connectivity index is 2.32. The Kier molecular flexibility index (Phi) is 4.49. The minimum atomic E-state index is -4.82. The number of hydrazine groups is 1. The van der Waals surface area contributed by atoms with Gasteiger partial charge in [0.25, 0.3) is 5.70 Å². The molecule has 2 atom stereocenters. The van der Waals surface area contributed by atoms with Crippen molar-refractivity contribution in [2.45, 2.75) is 18.3 Å². The molecule has 11 heteroatoms. The monoisotopic (exact) mass is 347 g/mol. The maximum absolute atomic E-state index is 12.5. The first-order chi connectivity index (χ1) is 11.0. The molecule has 1 heterocycles. The number of nitro groups is 1. The van der Waals surface area contributed by atoms with Crippen molar-refractivity contribution in [3.63, 3.8) is 0 Å². The predicted octanol–water partition coefficient (Wildman–Crippen LogP) is 1.52. The summed E-state index contributed by atoms with van der Waals surface area (Å²) in [5.74, 6) is -1.44. The molecule has 0 spiro atoms. The maximum atomic E-state index is 12.5. The number of aliphatic hydroxyl groups is 1. The summed E-state index contributed by atoms with van der Waals surface area (Å²) in [6.07, 6.45) is -6.49. The van der Waals surface area contributed by atoms with Crippen molar-refractivity contribution >= 4 is 11.7 Å². The normalized spacial score (nSPS) is 20.0. The molecule has 130 valence electrons. The molecule has 1 aromatic carbocycles. The maximum Gasteiger partial charge on any atom is 0.418 e. The molecular formula is C13H12F3N3O5. The van der Waals surface area contributed by atoms with E-state index in [1.807, 2.05) is 0 Å². The van der Waals surface area contributed by atoms with Crippen LogP contribution in [0.25, 0.3) is 0 Å². The number of anilines is 1. The van der Waals surface area contributed by atoms with E-state index in [9.17, 15) is 28.1 Å². The van der Waals surface area contributed by atoms with E-state index in [0.717, 1.165) is 28.4 Å². The SMILES string of the molecule is CN1C(C(=O)O)C([N+](=O)[O-])=CN1c1ccc(C(O)C(F)(F)F)cc1. The van der Waals surface area contributed by atoms with Gasteiger partial charge in [-0.1, -0.05) is 12.1 Å². The Morgan fingerprint density at radius 2 is 1.88 bits per heavy atom. The number of aliphatic hydroxyl groups excluding tert-OH is 1. The van der Waals surface area contributed by atoms with Crippen LogP contribution in [0.4, 0.5) is 18.9 Å². The third-order valence-corrected chi connectivity index (χ3v) is 3.48. The standard InChI is InChI=1S/C13H12F3N3O5/c1-17-10(12(21)22)9(19(23)24)6-18(17)8-4-2-7(3-5-8)11(20)13(14,15)16/h2-6,10-11,20H,1H3,(H,21,22). The molecule has 0 amide bonds. The van der Waals surface area contributed by atoms with E-state index >= 15 is 0 Å². The highest BCUT2D eigenvalue weighted by Gasteiger charge is 2.44. The molecule has 1 aliphatic rings. The van der Waals surface area contributed by atoms with Crippen molar-refractivity contribution in [1.82, 2.24) is 5.01 Å². The van der Waals surface area contributed by atoms with E-state index in [-0.39, 0.29) is 5.69 Å². The number of hydrogen-bond acceptors (Lipinski definition) is 6. The number of aliphatic carboxylic acids is 1. The van der Waals surface area contributed by atoms with Crippen molar-refractivity contribution in [3.8, 4) is 0 Å². The van der Waals surface area contributed by atoms with Crippen LogP contribution in [0.5, 0.6) is 0 Å². The Morgan fingerprint density at radius 1 is 1.33 bits per heavy atom. The van der Waals surface area contributed by atoms with Crippen LogP contribution in [-0.2, 0) is 4.79 Å². The molecule has 2 N–H and O–H groups in total. The van der Waals surface area contributed by atoms with Crippen LogP contribution >= 0.6 is 0 Å². The minimum absolute atomic E-state index is 0.207. The molecule has 2 unspecified atom stereocenters. The number of likely N-dealkylation sites (N-methyl/N-ethyl adjacent to an activating group) is 1. The molecule has 0 fully saturated rings. The van der Waals surface area contributed by atoms with E-state index in [2.05, 4.69) is 0 Å². The summed E-state index contributed by atoms with van der Waals surface area (Å²) in [6.45, 7) is 0. The number of carbonyl (C=O) groups is 1. The van der Waals surface area contributed by atoms with Gasteiger partial charge in [0, 0.05) is 7.05 Å². The molecule has 0 aromatic heterocycles. The number of rotatable bonds is 4. The summed E-state index contributed by atoms with van der Waals surface area (Å²) in [4.78, 5) is 21.3. The van der Waals surface area contributed by atoms with Gasteiger partial charge in [0.05, 0.1) is 16.8 Å². The van der Waals surface area contributed by atoms with Gasteiger partial charge >= 0.3 is 12.1 Å². The van der Waals surface area contributed by atoms with Gasteiger partial charge in [-0.15, -0.1) is 0 Å². The van der Waals surface area contributed by atoms with E-state index in [1.165, 1.54) is 19.2 Å². The smallest absolute Gasteiger partial charge is 0.418 e. The topological polar surface area (TPSA) is 107 Å². The molecule has 0 aliphatic carbocycles. The van der Waals surface area contributed by atoms with Gasteiger partial charge in [-0.3, -0.25) is 15.1 Å². The van der Waals surface area contributed by atoms with Crippen LogP contribution in [0.2, 0.25) is 0 Å². The van der Waals surface area contributed by atoms with Gasteiger partial charge in [0.15, 0.2) is 6.10 Å². The number of nitrogens with zero attached hydrogens (tertiary/aromatic N) is 3. The molecular weight excluding hydrogens is 335 g/mol. The summed E-state index contributed by atoms with van der Waals surface area (Å²) < 4.78 is 37.4. The highest BCUT2D eigenvalue weighted by Crippen LogP contribution is 2.34. The number of carboxylic acids is 1. The Labute approximate surface area is 133 Å². The highest BCUT2D eigenvalue weighted by molar-refractivity contribution is 5.78. The summed E-state index contributed by atoms with van der Waals surface area (Å²) in [5.41, 5.74) is -0.774. The fourth-order valence-electron chi connectivity index (χ4n) is 2.29. The second-order valence-corrected chi connectivity index (χ2v) is 5.01. The molecule has 2 rings (SSSR count). The molecule has 1 aromatic rings. The van der Waals surface area contributed by atoms with Crippen LogP contribution in [0.1, 0.15) is 11.7 Å². The van der Waals surface area contributed by atoms with Crippen molar-refractivity contribution < 1.29 is 33.1 Å². The van der Waals surface area contributed by atoms with Gasteiger partial charge in [0.1, 0.15) is 0 Å². The zero-order valence-electron chi connectivity index (χ0n) is 12.1. The van der Waals surface area contributed by atoms with Gasteiger partial charge in [-0.25, -0.2) is 4.79 Å². The van der Waals surface area contributed by atoms with E-state index in [4.69, 9.17) is 10.2 Å².